The van der Waals surface area contributed by atoms with E-state index >= 15 is 0 Å². The van der Waals surface area contributed by atoms with Crippen molar-refractivity contribution in [2.24, 2.45) is 0 Å². The molecule has 2 heterocycles. The predicted molar refractivity (Wildman–Crippen MR) is 74.8 cm³/mol. The van der Waals surface area contributed by atoms with Crippen molar-refractivity contribution in [2.75, 3.05) is 25.4 Å². The van der Waals surface area contributed by atoms with Gasteiger partial charge in [-0.3, -0.25) is 0 Å². The number of hydrogen-bond donors (Lipinski definition) is 1. The van der Waals surface area contributed by atoms with Crippen LogP contribution >= 0.6 is 0 Å². The van der Waals surface area contributed by atoms with Crippen LogP contribution in [-0.2, 0) is 15.4 Å². The van der Waals surface area contributed by atoms with E-state index in [1.165, 1.54) is 11.3 Å². The molecule has 1 spiro atoms. The van der Waals surface area contributed by atoms with Gasteiger partial charge >= 0.3 is 0 Å². The Balaban J connectivity index is 1.82. The molecule has 1 saturated heterocycles. The van der Waals surface area contributed by atoms with Crippen LogP contribution in [0.1, 0.15) is 25.3 Å². The van der Waals surface area contributed by atoms with Crippen LogP contribution in [0.15, 0.2) is 24.3 Å². The molecule has 5 heteroatoms. The maximum absolute atomic E-state index is 11.9. The summed E-state index contributed by atoms with van der Waals surface area (Å²) in [6, 6.07) is 8.54. The van der Waals surface area contributed by atoms with E-state index in [0.717, 1.165) is 19.4 Å². The highest BCUT2D eigenvalue weighted by Gasteiger charge is 2.45. The van der Waals surface area contributed by atoms with Crippen LogP contribution in [0.2, 0.25) is 0 Å². The van der Waals surface area contributed by atoms with Gasteiger partial charge in [0.1, 0.15) is 5.69 Å². The molecule has 2 N–H and O–H groups in total. The zero-order valence-corrected chi connectivity index (χ0v) is 12.1. The average molecular weight is 281 g/mol. The molecule has 1 fully saturated rings. The molecule has 0 saturated carbocycles. The zero-order chi connectivity index (χ0) is 13.5. The Morgan fingerprint density at radius 3 is 2.63 bits per heavy atom. The van der Waals surface area contributed by atoms with Gasteiger partial charge in [-0.2, -0.15) is 0 Å². The quantitative estimate of drug-likeness (QED) is 0.806. The number of benzene rings is 1. The number of rotatable bonds is 2. The van der Waals surface area contributed by atoms with Gasteiger partial charge in [0.05, 0.1) is 17.7 Å². The molecule has 0 bridgehead atoms. The van der Waals surface area contributed by atoms with E-state index < -0.39 is 10.0 Å². The van der Waals surface area contributed by atoms with Crippen molar-refractivity contribution < 1.29 is 13.7 Å². The van der Waals surface area contributed by atoms with Crippen LogP contribution in [-0.4, -0.2) is 38.1 Å². The Morgan fingerprint density at radius 1 is 1.26 bits per heavy atom. The van der Waals surface area contributed by atoms with Gasteiger partial charge in [0.2, 0.25) is 10.0 Å². The summed E-state index contributed by atoms with van der Waals surface area (Å²) in [6.07, 6.45) is 1.89. The fourth-order valence-corrected chi connectivity index (χ4v) is 4.53. The van der Waals surface area contributed by atoms with E-state index in [2.05, 4.69) is 29.6 Å². The monoisotopic (exact) mass is 281 g/mol. The molecule has 0 amide bonds. The number of hydrogen-bond acceptors (Lipinski definition) is 2. The molecule has 0 atom stereocenters. The van der Waals surface area contributed by atoms with Gasteiger partial charge < -0.3 is 5.32 Å². The Labute approximate surface area is 114 Å². The van der Waals surface area contributed by atoms with Crippen LogP contribution < -0.4 is 5.32 Å². The maximum Gasteiger partial charge on any atom is 0.213 e. The minimum absolute atomic E-state index is 0.191. The Bertz CT molecular complexity index is 575. The van der Waals surface area contributed by atoms with Crippen molar-refractivity contribution in [1.29, 1.82) is 0 Å². The Hall–Kier alpha value is -0.910. The molecule has 2 aliphatic heterocycles. The third kappa shape index (κ3) is 2.10. The van der Waals surface area contributed by atoms with E-state index in [4.69, 9.17) is 0 Å². The number of quaternary nitrogens is 1. The van der Waals surface area contributed by atoms with Gasteiger partial charge in [0.25, 0.3) is 0 Å². The highest BCUT2D eigenvalue weighted by atomic mass is 32.2. The molecule has 19 heavy (non-hydrogen) atoms. The number of fused-ring (bicyclic) bond motifs is 2. The molecule has 0 aromatic heterocycles. The van der Waals surface area contributed by atoms with Crippen molar-refractivity contribution in [3.8, 4) is 0 Å². The second-order valence-corrected chi connectivity index (χ2v) is 7.83. The first-order chi connectivity index (χ1) is 9.07. The van der Waals surface area contributed by atoms with Crippen LogP contribution in [0.5, 0.6) is 0 Å². The highest BCUT2D eigenvalue weighted by molar-refractivity contribution is 7.89. The zero-order valence-electron chi connectivity index (χ0n) is 11.3. The van der Waals surface area contributed by atoms with Gasteiger partial charge in [-0.1, -0.05) is 18.2 Å². The van der Waals surface area contributed by atoms with Crippen molar-refractivity contribution in [3.63, 3.8) is 0 Å². The third-order valence-corrected chi connectivity index (χ3v) is 6.56. The summed E-state index contributed by atoms with van der Waals surface area (Å²) in [5, 5.41) is 2.30. The lowest BCUT2D eigenvalue weighted by molar-refractivity contribution is -0.569. The lowest BCUT2D eigenvalue weighted by Crippen LogP contribution is -2.78. The number of sulfonamides is 1. The molecule has 0 aliphatic carbocycles. The molecule has 4 nitrogen and oxygen atoms in total. The fourth-order valence-electron chi connectivity index (χ4n) is 3.42. The first-order valence-corrected chi connectivity index (χ1v) is 8.59. The summed E-state index contributed by atoms with van der Waals surface area (Å²) in [6.45, 7) is 4.11. The van der Waals surface area contributed by atoms with Crippen LogP contribution in [0, 0.1) is 0 Å². The van der Waals surface area contributed by atoms with E-state index in [-0.39, 0.29) is 11.2 Å². The average Bonchev–Trinajstić information content (AvgIpc) is 2.79. The first kappa shape index (κ1) is 13.1. The molecular weight excluding hydrogens is 260 g/mol. The maximum atomic E-state index is 11.9. The Morgan fingerprint density at radius 2 is 1.95 bits per heavy atom. The summed E-state index contributed by atoms with van der Waals surface area (Å²) in [5.74, 6) is 0.211. The highest BCUT2D eigenvalue weighted by Crippen LogP contribution is 2.40. The molecule has 1 aromatic carbocycles. The van der Waals surface area contributed by atoms with Crippen molar-refractivity contribution in [2.45, 2.75) is 25.2 Å². The summed E-state index contributed by atoms with van der Waals surface area (Å²) < 4.78 is 25.5. The topological polar surface area (TPSA) is 54.0 Å². The number of piperidine rings is 1. The van der Waals surface area contributed by atoms with Crippen molar-refractivity contribution >= 4 is 15.7 Å². The van der Waals surface area contributed by atoms with E-state index in [1.54, 1.807) is 11.2 Å². The third-order valence-electron chi connectivity index (χ3n) is 4.68. The van der Waals surface area contributed by atoms with Crippen LogP contribution in [0.25, 0.3) is 0 Å². The smallest absolute Gasteiger partial charge is 0.213 e. The molecule has 0 unspecified atom stereocenters. The summed E-state index contributed by atoms with van der Waals surface area (Å²) in [5.41, 5.74) is 2.95. The van der Waals surface area contributed by atoms with E-state index in [0.29, 0.717) is 13.1 Å². The predicted octanol–water partition coefficient (Wildman–Crippen LogP) is 0.578. The van der Waals surface area contributed by atoms with Crippen LogP contribution in [0.4, 0.5) is 5.69 Å². The SMILES string of the molecule is CCS(=O)(=O)N1CCC2(CC1)C[NH2+]c1ccccc12. The second-order valence-electron chi connectivity index (χ2n) is 5.58. The van der Waals surface area contributed by atoms with Gasteiger partial charge in [0, 0.05) is 18.7 Å². The summed E-state index contributed by atoms with van der Waals surface area (Å²) >= 11 is 0. The number of nitrogens with two attached hydrogens (primary N) is 1. The van der Waals surface area contributed by atoms with Gasteiger partial charge in [-0.25, -0.2) is 12.7 Å². The standard InChI is InChI=1S/C14H20N2O2S/c1-2-19(17,18)16-9-7-14(8-10-16)11-15-13-6-4-3-5-12(13)14/h3-6,15H,2,7-11H2,1H3/p+1. The normalized spacial score (nSPS) is 22.6. The molecule has 0 radical (unpaired) electrons. The molecular formula is C14H21N2O2S+. The van der Waals surface area contributed by atoms with E-state index in [1.807, 2.05) is 0 Å². The second kappa shape index (κ2) is 4.58. The first-order valence-electron chi connectivity index (χ1n) is 6.98. The minimum atomic E-state index is -3.02. The molecule has 1 aromatic rings. The van der Waals surface area contributed by atoms with Gasteiger partial charge in [-0.15, -0.1) is 0 Å². The molecule has 2 aliphatic rings. The summed E-state index contributed by atoms with van der Waals surface area (Å²) in [7, 11) is -3.02. The van der Waals surface area contributed by atoms with Gasteiger partial charge in [0.15, 0.2) is 0 Å². The largest absolute Gasteiger partial charge is 0.313 e. The van der Waals surface area contributed by atoms with E-state index in [9.17, 15) is 8.42 Å². The fraction of sp³-hybridized carbons (Fsp3) is 0.571. The van der Waals surface area contributed by atoms with Crippen molar-refractivity contribution in [1.82, 2.24) is 4.31 Å². The molecule has 3 rings (SSSR count). The molecule has 104 valence electrons. The Kier molecular flexibility index (Phi) is 3.15. The minimum Gasteiger partial charge on any atom is -0.313 e. The van der Waals surface area contributed by atoms with Crippen molar-refractivity contribution in [3.05, 3.63) is 29.8 Å². The lowest BCUT2D eigenvalue weighted by atomic mass is 9.75. The summed E-state index contributed by atoms with van der Waals surface area (Å²) in [4.78, 5) is 0. The number of nitrogens with zero attached hydrogens (tertiary/aromatic N) is 1. The lowest BCUT2D eigenvalue weighted by Gasteiger charge is -2.37. The number of para-hydroxylation sites is 1. The van der Waals surface area contributed by atoms with Gasteiger partial charge in [-0.05, 0) is 25.8 Å². The van der Waals surface area contributed by atoms with Crippen LogP contribution in [0.3, 0.4) is 0 Å².